The number of carbonyl (C=O) groups is 2. The lowest BCUT2D eigenvalue weighted by Gasteiger charge is -2.16. The quantitative estimate of drug-likeness (QED) is 0.567. The van der Waals surface area contributed by atoms with Crippen molar-refractivity contribution in [3.8, 4) is 0 Å². The highest BCUT2D eigenvalue weighted by Crippen LogP contribution is 1.84. The van der Waals surface area contributed by atoms with E-state index in [0.29, 0.717) is 13.1 Å². The van der Waals surface area contributed by atoms with Gasteiger partial charge in [0, 0.05) is 13.6 Å². The average molecular weight is 215 g/mol. The second-order valence-corrected chi connectivity index (χ2v) is 3.38. The van der Waals surface area contributed by atoms with Crippen LogP contribution in [0.15, 0.2) is 0 Å². The number of hydrogen-bond acceptors (Lipinski definition) is 3. The number of likely N-dealkylation sites (N-methyl/N-ethyl adjacent to an activating group) is 2. The van der Waals surface area contributed by atoms with Gasteiger partial charge in [-0.2, -0.15) is 0 Å². The van der Waals surface area contributed by atoms with Gasteiger partial charge in [0.1, 0.15) is 0 Å². The number of hydrogen-bond donors (Lipinski definition) is 2. The Kier molecular flexibility index (Phi) is 7.62. The Hall–Kier alpha value is -1.10. The van der Waals surface area contributed by atoms with Crippen LogP contribution in [-0.2, 0) is 9.59 Å². The van der Waals surface area contributed by atoms with E-state index in [1.807, 2.05) is 13.8 Å². The van der Waals surface area contributed by atoms with Gasteiger partial charge in [0.25, 0.3) is 0 Å². The highest BCUT2D eigenvalue weighted by Gasteiger charge is 2.11. The number of nitrogens with zero attached hydrogens (tertiary/aromatic N) is 1. The number of nitrogens with one attached hydrogen (secondary N) is 2. The molecule has 0 saturated heterocycles. The lowest BCUT2D eigenvalue weighted by Crippen LogP contribution is -2.42. The van der Waals surface area contributed by atoms with Gasteiger partial charge in [-0.1, -0.05) is 6.92 Å². The maximum Gasteiger partial charge on any atom is 0.239 e. The van der Waals surface area contributed by atoms with Crippen molar-refractivity contribution in [3.05, 3.63) is 0 Å². The van der Waals surface area contributed by atoms with Crippen molar-refractivity contribution in [2.75, 3.05) is 33.2 Å². The summed E-state index contributed by atoms with van der Waals surface area (Å²) in [4.78, 5) is 24.0. The molecule has 2 N–H and O–H groups in total. The normalized spacial score (nSPS) is 9.80. The van der Waals surface area contributed by atoms with Crippen molar-refractivity contribution in [1.82, 2.24) is 15.5 Å². The average Bonchev–Trinajstić information content (AvgIpc) is 2.18. The molecule has 0 aliphatic carbocycles. The van der Waals surface area contributed by atoms with E-state index in [4.69, 9.17) is 0 Å². The van der Waals surface area contributed by atoms with E-state index in [9.17, 15) is 9.59 Å². The van der Waals surface area contributed by atoms with E-state index in [-0.39, 0.29) is 18.4 Å². The molecule has 0 fully saturated rings. The lowest BCUT2D eigenvalue weighted by atomic mass is 10.4. The highest BCUT2D eigenvalue weighted by molar-refractivity contribution is 5.85. The van der Waals surface area contributed by atoms with Crippen molar-refractivity contribution >= 4 is 11.8 Å². The summed E-state index contributed by atoms with van der Waals surface area (Å²) < 4.78 is 0. The van der Waals surface area contributed by atoms with Gasteiger partial charge in [-0.15, -0.1) is 0 Å². The number of rotatable bonds is 7. The van der Waals surface area contributed by atoms with E-state index >= 15 is 0 Å². The van der Waals surface area contributed by atoms with Gasteiger partial charge < -0.3 is 15.5 Å². The van der Waals surface area contributed by atoms with Gasteiger partial charge in [0.15, 0.2) is 0 Å². The Balaban J connectivity index is 3.73. The lowest BCUT2D eigenvalue weighted by molar-refractivity contribution is -0.133. The first-order valence-corrected chi connectivity index (χ1v) is 5.33. The summed E-state index contributed by atoms with van der Waals surface area (Å²) in [7, 11) is 1.63. The molecule has 0 radical (unpaired) electrons. The van der Waals surface area contributed by atoms with Crippen LogP contribution < -0.4 is 10.6 Å². The molecule has 0 rings (SSSR count). The van der Waals surface area contributed by atoms with Crippen LogP contribution in [0.25, 0.3) is 0 Å². The minimum Gasteiger partial charge on any atom is -0.355 e. The maximum absolute atomic E-state index is 11.4. The van der Waals surface area contributed by atoms with E-state index < -0.39 is 0 Å². The second kappa shape index (κ2) is 8.23. The second-order valence-electron chi connectivity index (χ2n) is 3.38. The standard InChI is InChI=1S/C10H21N3O2/c1-4-6-11-7-10(15)13(3)8-9(14)12-5-2/h11H,4-8H2,1-3H3,(H,12,14). The van der Waals surface area contributed by atoms with Crippen LogP contribution in [0.5, 0.6) is 0 Å². The van der Waals surface area contributed by atoms with Crippen LogP contribution in [0, 0.1) is 0 Å². The summed E-state index contributed by atoms with van der Waals surface area (Å²) in [6, 6.07) is 0. The minimum absolute atomic E-state index is 0.0605. The molecule has 88 valence electrons. The first kappa shape index (κ1) is 13.9. The highest BCUT2D eigenvalue weighted by atomic mass is 16.2. The molecule has 0 atom stereocenters. The van der Waals surface area contributed by atoms with Gasteiger partial charge in [0.05, 0.1) is 13.1 Å². The smallest absolute Gasteiger partial charge is 0.239 e. The fourth-order valence-electron chi connectivity index (χ4n) is 1.06. The summed E-state index contributed by atoms with van der Waals surface area (Å²) in [5.74, 6) is -0.182. The molecule has 0 aromatic heterocycles. The van der Waals surface area contributed by atoms with Crippen LogP contribution in [0.3, 0.4) is 0 Å². The molecule has 15 heavy (non-hydrogen) atoms. The zero-order valence-corrected chi connectivity index (χ0v) is 9.80. The Labute approximate surface area is 91.2 Å². The molecule has 0 aliphatic rings. The van der Waals surface area contributed by atoms with Crippen LogP contribution in [0.1, 0.15) is 20.3 Å². The minimum atomic E-state index is -0.121. The van der Waals surface area contributed by atoms with Gasteiger partial charge in [0.2, 0.25) is 11.8 Å². The predicted octanol–water partition coefficient (Wildman–Crippen LogP) is -0.419. The Bertz CT molecular complexity index is 207. The molecule has 0 spiro atoms. The largest absolute Gasteiger partial charge is 0.355 e. The Morgan fingerprint density at radius 3 is 2.47 bits per heavy atom. The summed E-state index contributed by atoms with van der Waals surface area (Å²) in [5.41, 5.74) is 0. The van der Waals surface area contributed by atoms with Crippen LogP contribution in [-0.4, -0.2) is 49.9 Å². The third-order valence-corrected chi connectivity index (χ3v) is 1.88. The monoisotopic (exact) mass is 215 g/mol. The van der Waals surface area contributed by atoms with E-state index in [0.717, 1.165) is 13.0 Å². The van der Waals surface area contributed by atoms with E-state index in [1.165, 1.54) is 4.90 Å². The van der Waals surface area contributed by atoms with Gasteiger partial charge >= 0.3 is 0 Å². The third kappa shape index (κ3) is 6.90. The van der Waals surface area contributed by atoms with Crippen molar-refractivity contribution in [2.24, 2.45) is 0 Å². The molecule has 0 heterocycles. The van der Waals surface area contributed by atoms with Gasteiger partial charge in [-0.25, -0.2) is 0 Å². The molecular formula is C10H21N3O2. The molecular weight excluding hydrogens is 194 g/mol. The van der Waals surface area contributed by atoms with Crippen molar-refractivity contribution in [1.29, 1.82) is 0 Å². The SMILES string of the molecule is CCCNCC(=O)N(C)CC(=O)NCC. The van der Waals surface area contributed by atoms with Crippen molar-refractivity contribution in [2.45, 2.75) is 20.3 Å². The molecule has 0 aromatic carbocycles. The van der Waals surface area contributed by atoms with Crippen molar-refractivity contribution < 1.29 is 9.59 Å². The summed E-state index contributed by atoms with van der Waals surface area (Å²) >= 11 is 0. The molecule has 0 unspecified atom stereocenters. The first-order chi connectivity index (χ1) is 7.11. The molecule has 0 bridgehead atoms. The molecule has 5 nitrogen and oxygen atoms in total. The summed E-state index contributed by atoms with van der Waals surface area (Å²) in [6.45, 7) is 5.72. The number of amides is 2. The zero-order chi connectivity index (χ0) is 11.7. The van der Waals surface area contributed by atoms with Crippen molar-refractivity contribution in [3.63, 3.8) is 0 Å². The molecule has 0 aliphatic heterocycles. The zero-order valence-electron chi connectivity index (χ0n) is 9.80. The van der Waals surface area contributed by atoms with Crippen LogP contribution in [0.2, 0.25) is 0 Å². The van der Waals surface area contributed by atoms with E-state index in [1.54, 1.807) is 7.05 Å². The molecule has 0 aromatic rings. The van der Waals surface area contributed by atoms with Crippen LogP contribution >= 0.6 is 0 Å². The van der Waals surface area contributed by atoms with Gasteiger partial charge in [-0.3, -0.25) is 9.59 Å². The molecule has 2 amide bonds. The fourth-order valence-corrected chi connectivity index (χ4v) is 1.06. The summed E-state index contributed by atoms with van der Waals surface area (Å²) in [5, 5.41) is 5.64. The summed E-state index contributed by atoms with van der Waals surface area (Å²) in [6.07, 6.45) is 0.993. The Morgan fingerprint density at radius 2 is 1.93 bits per heavy atom. The fraction of sp³-hybridized carbons (Fsp3) is 0.800. The Morgan fingerprint density at radius 1 is 1.27 bits per heavy atom. The van der Waals surface area contributed by atoms with E-state index in [2.05, 4.69) is 10.6 Å². The predicted molar refractivity (Wildman–Crippen MR) is 59.5 cm³/mol. The van der Waals surface area contributed by atoms with Crippen LogP contribution in [0.4, 0.5) is 0 Å². The molecule has 0 saturated carbocycles. The van der Waals surface area contributed by atoms with Gasteiger partial charge in [-0.05, 0) is 19.9 Å². The maximum atomic E-state index is 11.4. The first-order valence-electron chi connectivity index (χ1n) is 5.33. The number of carbonyl (C=O) groups excluding carboxylic acids is 2. The molecule has 5 heteroatoms. The third-order valence-electron chi connectivity index (χ3n) is 1.88. The topological polar surface area (TPSA) is 61.4 Å².